The third-order valence-corrected chi connectivity index (χ3v) is 3.19. The fourth-order valence-corrected chi connectivity index (χ4v) is 1.94. The normalized spacial score (nSPS) is 9.80. The van der Waals surface area contributed by atoms with Crippen LogP contribution in [-0.4, -0.2) is 5.91 Å². The minimum absolute atomic E-state index is 0.138. The highest BCUT2D eigenvalue weighted by Gasteiger charge is 2.05. The standard InChI is InChI=1S/C16H13ClN2O/c17-9-14-2-1-3-15(8-14)16(20)19-11-13-6-4-12(10-18)5-7-13/h1-8H,9,11H2,(H,19,20). The van der Waals surface area contributed by atoms with E-state index >= 15 is 0 Å². The van der Waals surface area contributed by atoms with Crippen molar-refractivity contribution in [2.75, 3.05) is 0 Å². The van der Waals surface area contributed by atoms with Crippen molar-refractivity contribution < 1.29 is 4.79 Å². The number of amides is 1. The van der Waals surface area contributed by atoms with Gasteiger partial charge in [0, 0.05) is 18.0 Å². The van der Waals surface area contributed by atoms with Gasteiger partial charge >= 0.3 is 0 Å². The first-order chi connectivity index (χ1) is 9.72. The molecule has 2 aromatic rings. The number of nitrogens with one attached hydrogen (secondary N) is 1. The predicted molar refractivity (Wildman–Crippen MR) is 78.3 cm³/mol. The molecule has 0 bridgehead atoms. The van der Waals surface area contributed by atoms with Gasteiger partial charge in [-0.15, -0.1) is 11.6 Å². The van der Waals surface area contributed by atoms with Crippen molar-refractivity contribution >= 4 is 17.5 Å². The van der Waals surface area contributed by atoms with Crippen LogP contribution in [0.1, 0.15) is 27.0 Å². The van der Waals surface area contributed by atoms with Crippen molar-refractivity contribution in [2.45, 2.75) is 12.4 Å². The Balaban J connectivity index is 1.99. The highest BCUT2D eigenvalue weighted by Crippen LogP contribution is 2.08. The molecule has 0 saturated heterocycles. The molecular formula is C16H13ClN2O. The first-order valence-corrected chi connectivity index (χ1v) is 6.68. The van der Waals surface area contributed by atoms with Crippen LogP contribution in [0.25, 0.3) is 0 Å². The van der Waals surface area contributed by atoms with Crippen LogP contribution in [0, 0.1) is 11.3 Å². The molecule has 0 radical (unpaired) electrons. The van der Waals surface area contributed by atoms with Crippen molar-refractivity contribution in [3.8, 4) is 6.07 Å². The Bertz CT molecular complexity index is 644. The number of hydrogen-bond acceptors (Lipinski definition) is 2. The molecule has 0 aliphatic carbocycles. The fraction of sp³-hybridized carbons (Fsp3) is 0.125. The molecule has 0 unspecified atom stereocenters. The summed E-state index contributed by atoms with van der Waals surface area (Å²) in [5, 5.41) is 11.6. The van der Waals surface area contributed by atoms with Crippen LogP contribution < -0.4 is 5.32 Å². The van der Waals surface area contributed by atoms with Gasteiger partial charge in [-0.2, -0.15) is 5.26 Å². The molecule has 0 saturated carbocycles. The van der Waals surface area contributed by atoms with Crippen molar-refractivity contribution in [1.29, 1.82) is 5.26 Å². The van der Waals surface area contributed by atoms with Gasteiger partial charge in [0.2, 0.25) is 0 Å². The Morgan fingerprint density at radius 3 is 2.55 bits per heavy atom. The molecule has 0 atom stereocenters. The van der Waals surface area contributed by atoms with E-state index in [0.717, 1.165) is 11.1 Å². The summed E-state index contributed by atoms with van der Waals surface area (Å²) in [6.45, 7) is 0.426. The van der Waals surface area contributed by atoms with Gasteiger partial charge in [-0.05, 0) is 35.4 Å². The summed E-state index contributed by atoms with van der Waals surface area (Å²) >= 11 is 5.75. The molecule has 20 heavy (non-hydrogen) atoms. The van der Waals surface area contributed by atoms with Crippen molar-refractivity contribution in [3.63, 3.8) is 0 Å². The molecule has 0 spiro atoms. The molecule has 0 heterocycles. The van der Waals surface area contributed by atoms with Gasteiger partial charge in [-0.1, -0.05) is 24.3 Å². The fourth-order valence-electron chi connectivity index (χ4n) is 1.78. The van der Waals surface area contributed by atoms with Gasteiger partial charge in [-0.25, -0.2) is 0 Å². The van der Waals surface area contributed by atoms with Crippen LogP contribution in [0.5, 0.6) is 0 Å². The summed E-state index contributed by atoms with van der Waals surface area (Å²) in [6.07, 6.45) is 0. The number of rotatable bonds is 4. The third kappa shape index (κ3) is 3.59. The number of halogens is 1. The minimum atomic E-state index is -0.138. The average molecular weight is 285 g/mol. The van der Waals surface area contributed by atoms with Crippen molar-refractivity contribution in [1.82, 2.24) is 5.32 Å². The molecule has 0 aliphatic rings. The number of benzene rings is 2. The molecular weight excluding hydrogens is 272 g/mol. The molecule has 1 N–H and O–H groups in total. The van der Waals surface area contributed by atoms with Crippen LogP contribution in [0.3, 0.4) is 0 Å². The second-order valence-electron chi connectivity index (χ2n) is 4.33. The van der Waals surface area contributed by atoms with E-state index in [2.05, 4.69) is 11.4 Å². The Hall–Kier alpha value is -2.31. The molecule has 100 valence electrons. The van der Waals surface area contributed by atoms with Crippen molar-refractivity contribution in [2.24, 2.45) is 0 Å². The molecule has 1 amide bonds. The number of hydrogen-bond donors (Lipinski definition) is 1. The number of nitrogens with zero attached hydrogens (tertiary/aromatic N) is 1. The summed E-state index contributed by atoms with van der Waals surface area (Å²) in [4.78, 5) is 12.0. The highest BCUT2D eigenvalue weighted by molar-refractivity contribution is 6.17. The van der Waals surface area contributed by atoms with Crippen LogP contribution in [0.2, 0.25) is 0 Å². The number of carbonyl (C=O) groups excluding carboxylic acids is 1. The molecule has 0 aromatic heterocycles. The Morgan fingerprint density at radius 2 is 1.90 bits per heavy atom. The monoisotopic (exact) mass is 284 g/mol. The van der Waals surface area contributed by atoms with Gasteiger partial charge in [0.25, 0.3) is 5.91 Å². The van der Waals surface area contributed by atoms with Gasteiger partial charge in [-0.3, -0.25) is 4.79 Å². The first-order valence-electron chi connectivity index (χ1n) is 6.15. The topological polar surface area (TPSA) is 52.9 Å². The Kier molecular flexibility index (Phi) is 4.75. The van der Waals surface area contributed by atoms with Crippen LogP contribution in [-0.2, 0) is 12.4 Å². The largest absolute Gasteiger partial charge is 0.348 e. The van der Waals surface area contributed by atoms with Crippen molar-refractivity contribution in [3.05, 3.63) is 70.8 Å². The maximum atomic E-state index is 12.0. The molecule has 0 aliphatic heterocycles. The Labute approximate surface area is 122 Å². The molecule has 3 nitrogen and oxygen atoms in total. The summed E-state index contributed by atoms with van der Waals surface area (Å²) in [6, 6.07) is 16.4. The van der Waals surface area contributed by atoms with Gasteiger partial charge < -0.3 is 5.32 Å². The quantitative estimate of drug-likeness (QED) is 0.877. The van der Waals surface area contributed by atoms with E-state index in [1.807, 2.05) is 24.3 Å². The highest BCUT2D eigenvalue weighted by atomic mass is 35.5. The van der Waals surface area contributed by atoms with Crippen LogP contribution in [0.4, 0.5) is 0 Å². The minimum Gasteiger partial charge on any atom is -0.348 e. The van der Waals surface area contributed by atoms with Gasteiger partial charge in [0.05, 0.1) is 11.6 Å². The molecule has 0 fully saturated rings. The van der Waals surface area contributed by atoms with E-state index in [1.54, 1.807) is 24.3 Å². The van der Waals surface area contributed by atoms with E-state index in [-0.39, 0.29) is 5.91 Å². The lowest BCUT2D eigenvalue weighted by Crippen LogP contribution is -2.22. The van der Waals surface area contributed by atoms with E-state index in [4.69, 9.17) is 16.9 Å². The van der Waals surface area contributed by atoms with Crippen LogP contribution >= 0.6 is 11.6 Å². The SMILES string of the molecule is N#Cc1ccc(CNC(=O)c2cccc(CCl)c2)cc1. The zero-order valence-corrected chi connectivity index (χ0v) is 11.5. The maximum Gasteiger partial charge on any atom is 0.251 e. The summed E-state index contributed by atoms with van der Waals surface area (Å²) < 4.78 is 0. The average Bonchev–Trinajstić information content (AvgIpc) is 2.53. The zero-order chi connectivity index (χ0) is 14.4. The van der Waals surface area contributed by atoms with Gasteiger partial charge in [0.15, 0.2) is 0 Å². The van der Waals surface area contributed by atoms with E-state index in [9.17, 15) is 4.79 Å². The molecule has 2 rings (SSSR count). The summed E-state index contributed by atoms with van der Waals surface area (Å²) in [5.74, 6) is 0.248. The number of nitriles is 1. The maximum absolute atomic E-state index is 12.0. The number of alkyl halides is 1. The Morgan fingerprint density at radius 1 is 1.15 bits per heavy atom. The zero-order valence-electron chi connectivity index (χ0n) is 10.8. The van der Waals surface area contributed by atoms with Crippen LogP contribution in [0.15, 0.2) is 48.5 Å². The lowest BCUT2D eigenvalue weighted by atomic mass is 10.1. The lowest BCUT2D eigenvalue weighted by molar-refractivity contribution is 0.0951. The third-order valence-electron chi connectivity index (χ3n) is 2.88. The van der Waals surface area contributed by atoms with E-state index in [1.165, 1.54) is 0 Å². The smallest absolute Gasteiger partial charge is 0.251 e. The molecule has 2 aromatic carbocycles. The summed E-state index contributed by atoms with van der Waals surface area (Å²) in [7, 11) is 0. The lowest BCUT2D eigenvalue weighted by Gasteiger charge is -2.06. The second-order valence-corrected chi connectivity index (χ2v) is 4.59. The predicted octanol–water partition coefficient (Wildman–Crippen LogP) is 3.23. The van der Waals surface area contributed by atoms with E-state index in [0.29, 0.717) is 23.6 Å². The molecule has 4 heteroatoms. The van der Waals surface area contributed by atoms with E-state index < -0.39 is 0 Å². The van der Waals surface area contributed by atoms with Gasteiger partial charge in [0.1, 0.15) is 0 Å². The second kappa shape index (κ2) is 6.74. The summed E-state index contributed by atoms with van der Waals surface area (Å²) in [5.41, 5.74) is 3.07. The first kappa shape index (κ1) is 14.1. The number of carbonyl (C=O) groups is 1.